The van der Waals surface area contributed by atoms with Crippen LogP contribution in [0.25, 0.3) is 6.08 Å². The highest BCUT2D eigenvalue weighted by Crippen LogP contribution is 2.10. The van der Waals surface area contributed by atoms with Gasteiger partial charge in [-0.2, -0.15) is 4.99 Å². The van der Waals surface area contributed by atoms with Crippen LogP contribution in [-0.4, -0.2) is 17.9 Å². The van der Waals surface area contributed by atoms with Gasteiger partial charge in [-0.3, -0.25) is 0 Å². The summed E-state index contributed by atoms with van der Waals surface area (Å²) < 4.78 is 0. The van der Waals surface area contributed by atoms with E-state index < -0.39 is 6.03 Å². The van der Waals surface area contributed by atoms with Crippen molar-refractivity contribution in [1.82, 2.24) is 5.32 Å². The van der Waals surface area contributed by atoms with Gasteiger partial charge in [-0.05, 0) is 37.4 Å². The Bertz CT molecular complexity index is 399. The number of thiophene rings is 1. The zero-order valence-electron chi connectivity index (χ0n) is 9.71. The molecule has 0 radical (unpaired) electrons. The van der Waals surface area contributed by atoms with Crippen LogP contribution in [0, 0.1) is 0 Å². The smallest absolute Gasteiger partial charge is 0.340 e. The van der Waals surface area contributed by atoms with Gasteiger partial charge in [0.05, 0.1) is 0 Å². The summed E-state index contributed by atoms with van der Waals surface area (Å²) in [5.41, 5.74) is 5.02. The van der Waals surface area contributed by atoms with Crippen molar-refractivity contribution in [2.75, 3.05) is 0 Å². The molecule has 0 fully saturated rings. The summed E-state index contributed by atoms with van der Waals surface area (Å²) in [5, 5.41) is 5.03. The summed E-state index contributed by atoms with van der Waals surface area (Å²) in [7, 11) is 0. The van der Waals surface area contributed by atoms with Crippen molar-refractivity contribution >= 4 is 41.7 Å². The number of rotatable bonds is 3. The number of carbonyl (C=O) groups excluding carboxylic acids is 1. The molecule has 0 spiro atoms. The van der Waals surface area contributed by atoms with E-state index in [0.29, 0.717) is 5.84 Å². The maximum Gasteiger partial charge on any atom is 0.340 e. The van der Waals surface area contributed by atoms with Crippen LogP contribution in [0.1, 0.15) is 18.7 Å². The molecule has 94 valence electrons. The van der Waals surface area contributed by atoms with E-state index in [1.807, 2.05) is 37.4 Å². The van der Waals surface area contributed by atoms with Crippen LogP contribution in [0.15, 0.2) is 28.6 Å². The number of nitrogens with zero attached hydrogens (tertiary/aromatic N) is 1. The molecule has 0 aliphatic carbocycles. The second kappa shape index (κ2) is 7.86. The Morgan fingerprint density at radius 1 is 1.59 bits per heavy atom. The van der Waals surface area contributed by atoms with Crippen LogP contribution < -0.4 is 11.1 Å². The van der Waals surface area contributed by atoms with E-state index in [2.05, 4.69) is 10.3 Å². The monoisotopic (exact) mass is 273 g/mol. The van der Waals surface area contributed by atoms with Gasteiger partial charge in [0.15, 0.2) is 0 Å². The topological polar surface area (TPSA) is 67.5 Å². The molecule has 0 atom stereocenters. The highest BCUT2D eigenvalue weighted by Gasteiger charge is 1.99. The van der Waals surface area contributed by atoms with E-state index >= 15 is 0 Å². The second-order valence-electron chi connectivity index (χ2n) is 3.48. The van der Waals surface area contributed by atoms with E-state index in [-0.39, 0.29) is 18.4 Å². The number of hydrogen-bond donors (Lipinski definition) is 2. The molecule has 0 saturated carbocycles. The number of carbonyl (C=O) groups is 1. The number of amidine groups is 1. The fourth-order valence-corrected chi connectivity index (χ4v) is 1.70. The predicted octanol–water partition coefficient (Wildman–Crippen LogP) is 2.66. The van der Waals surface area contributed by atoms with Gasteiger partial charge in [0, 0.05) is 10.9 Å². The van der Waals surface area contributed by atoms with E-state index in [1.165, 1.54) is 0 Å². The highest BCUT2D eigenvalue weighted by molar-refractivity contribution is 7.10. The van der Waals surface area contributed by atoms with Gasteiger partial charge in [-0.25, -0.2) is 4.79 Å². The summed E-state index contributed by atoms with van der Waals surface area (Å²) >= 11 is 1.62. The lowest BCUT2D eigenvalue weighted by Gasteiger charge is -2.08. The Kier molecular flexibility index (Phi) is 7.25. The van der Waals surface area contributed by atoms with Crippen LogP contribution in [0.5, 0.6) is 0 Å². The van der Waals surface area contributed by atoms with Crippen LogP contribution in [-0.2, 0) is 0 Å². The molecule has 6 heteroatoms. The summed E-state index contributed by atoms with van der Waals surface area (Å²) in [6, 6.07) is 3.45. The minimum atomic E-state index is -0.695. The molecular weight excluding hydrogens is 258 g/mol. The largest absolute Gasteiger partial charge is 0.368 e. The summed E-state index contributed by atoms with van der Waals surface area (Å²) in [6.45, 7) is 3.94. The normalized spacial score (nSPS) is 11.6. The standard InChI is InChI=1S/C11H15N3OS.ClH/c1-8(2)13-10(14-11(12)15)6-5-9-4-3-7-16-9;/h3-8H,1-2H3,(H3,12,13,14,15);1H. The van der Waals surface area contributed by atoms with Crippen molar-refractivity contribution in [2.45, 2.75) is 19.9 Å². The first kappa shape index (κ1) is 15.7. The molecule has 0 unspecified atom stereocenters. The fraction of sp³-hybridized carbons (Fsp3) is 0.273. The average molecular weight is 274 g/mol. The Morgan fingerprint density at radius 2 is 2.29 bits per heavy atom. The van der Waals surface area contributed by atoms with Gasteiger partial charge in [-0.15, -0.1) is 23.7 Å². The molecule has 0 aliphatic rings. The van der Waals surface area contributed by atoms with E-state index in [0.717, 1.165) is 4.88 Å². The molecule has 1 rings (SSSR count). The van der Waals surface area contributed by atoms with Gasteiger partial charge in [0.1, 0.15) is 5.84 Å². The van der Waals surface area contributed by atoms with Crippen LogP contribution in [0.3, 0.4) is 0 Å². The van der Waals surface area contributed by atoms with Gasteiger partial charge < -0.3 is 11.1 Å². The lowest BCUT2D eigenvalue weighted by atomic mass is 10.3. The van der Waals surface area contributed by atoms with Crippen molar-refractivity contribution in [3.8, 4) is 0 Å². The first-order valence-corrected chi connectivity index (χ1v) is 5.82. The van der Waals surface area contributed by atoms with Gasteiger partial charge in [0.2, 0.25) is 0 Å². The third kappa shape index (κ3) is 6.76. The molecule has 0 aliphatic heterocycles. The second-order valence-corrected chi connectivity index (χ2v) is 4.46. The molecule has 17 heavy (non-hydrogen) atoms. The van der Waals surface area contributed by atoms with Crippen molar-refractivity contribution < 1.29 is 4.79 Å². The van der Waals surface area contributed by atoms with Crippen LogP contribution in [0.4, 0.5) is 4.79 Å². The molecular formula is C11H16ClN3OS. The Morgan fingerprint density at radius 3 is 2.76 bits per heavy atom. The van der Waals surface area contributed by atoms with Crippen molar-refractivity contribution in [1.29, 1.82) is 0 Å². The molecule has 1 aromatic heterocycles. The van der Waals surface area contributed by atoms with Crippen molar-refractivity contribution in [3.05, 3.63) is 28.5 Å². The molecule has 0 aromatic carbocycles. The van der Waals surface area contributed by atoms with Crippen LogP contribution >= 0.6 is 23.7 Å². The zero-order chi connectivity index (χ0) is 12.0. The summed E-state index contributed by atoms with van der Waals surface area (Å²) in [5.74, 6) is 0.482. The Hall–Kier alpha value is -1.33. The van der Waals surface area contributed by atoms with Gasteiger partial charge in [-0.1, -0.05) is 6.07 Å². The Labute approximate surface area is 111 Å². The number of urea groups is 1. The minimum Gasteiger partial charge on any atom is -0.368 e. The summed E-state index contributed by atoms with van der Waals surface area (Å²) in [6.07, 6.45) is 3.64. The number of amides is 2. The number of aliphatic imine (C=N–C) groups is 1. The third-order valence-corrected chi connectivity index (χ3v) is 2.45. The number of nitrogens with two attached hydrogens (primary N) is 1. The average Bonchev–Trinajstić information content (AvgIpc) is 2.64. The van der Waals surface area contributed by atoms with E-state index in [4.69, 9.17) is 5.73 Å². The van der Waals surface area contributed by atoms with Gasteiger partial charge >= 0.3 is 6.03 Å². The SMILES string of the molecule is CC(C)NC(C=Cc1cccs1)=NC(N)=O.Cl. The molecule has 0 saturated heterocycles. The molecule has 1 aromatic rings. The fourth-order valence-electron chi connectivity index (χ4n) is 1.08. The third-order valence-electron chi connectivity index (χ3n) is 1.62. The molecule has 2 amide bonds. The molecule has 0 bridgehead atoms. The van der Waals surface area contributed by atoms with Crippen molar-refractivity contribution in [2.24, 2.45) is 10.7 Å². The first-order valence-electron chi connectivity index (χ1n) is 4.94. The maximum atomic E-state index is 10.7. The Balaban J connectivity index is 0.00000256. The first-order chi connectivity index (χ1) is 7.58. The quantitative estimate of drug-likeness (QED) is 0.657. The van der Waals surface area contributed by atoms with Gasteiger partial charge in [0.25, 0.3) is 0 Å². The lowest BCUT2D eigenvalue weighted by Crippen LogP contribution is -2.30. The van der Waals surface area contributed by atoms with Crippen LogP contribution in [0.2, 0.25) is 0 Å². The molecule has 4 nitrogen and oxygen atoms in total. The number of nitrogens with one attached hydrogen (secondary N) is 1. The molecule has 1 heterocycles. The zero-order valence-corrected chi connectivity index (χ0v) is 11.3. The van der Waals surface area contributed by atoms with E-state index in [1.54, 1.807) is 17.4 Å². The maximum absolute atomic E-state index is 10.7. The highest BCUT2D eigenvalue weighted by atomic mass is 35.5. The molecule has 3 N–H and O–H groups in total. The number of primary amides is 1. The van der Waals surface area contributed by atoms with Crippen molar-refractivity contribution in [3.63, 3.8) is 0 Å². The van der Waals surface area contributed by atoms with E-state index in [9.17, 15) is 4.79 Å². The number of hydrogen-bond acceptors (Lipinski definition) is 2. The summed E-state index contributed by atoms with van der Waals surface area (Å²) in [4.78, 5) is 15.5. The lowest BCUT2D eigenvalue weighted by molar-refractivity contribution is 0.256. The number of halogens is 1. The minimum absolute atomic E-state index is 0. The predicted molar refractivity (Wildman–Crippen MR) is 75.9 cm³/mol.